The molecule has 4 rings (SSSR count). The normalized spacial score (nSPS) is 14.0. The van der Waals surface area contributed by atoms with Crippen LogP contribution in [0, 0.1) is 0 Å². The van der Waals surface area contributed by atoms with Crippen molar-refractivity contribution in [2.75, 3.05) is 6.54 Å². The van der Waals surface area contributed by atoms with Crippen molar-refractivity contribution < 1.29 is 9.21 Å². The van der Waals surface area contributed by atoms with Gasteiger partial charge in [0.1, 0.15) is 11.5 Å². The first-order valence-electron chi connectivity index (χ1n) is 9.23. The standard InChI is InChI=1S/C20H22N4O3/c1-13(2)19-22-16-11-23(9-7-17(16)27-19)18(25)8-10-24-12-21-15-6-4-3-5-14(15)20(24)26/h3-6,12-13H,7-11H2,1-2H3. The molecule has 27 heavy (non-hydrogen) atoms. The first-order chi connectivity index (χ1) is 13.0. The van der Waals surface area contributed by atoms with Gasteiger partial charge in [-0.25, -0.2) is 9.97 Å². The minimum Gasteiger partial charge on any atom is -0.445 e. The van der Waals surface area contributed by atoms with Crippen LogP contribution in [-0.2, 0) is 24.3 Å². The van der Waals surface area contributed by atoms with Gasteiger partial charge in [-0.05, 0) is 12.1 Å². The van der Waals surface area contributed by atoms with Gasteiger partial charge < -0.3 is 9.32 Å². The van der Waals surface area contributed by atoms with Crippen molar-refractivity contribution in [3.63, 3.8) is 0 Å². The van der Waals surface area contributed by atoms with E-state index >= 15 is 0 Å². The van der Waals surface area contributed by atoms with E-state index in [0.29, 0.717) is 37.0 Å². The minimum atomic E-state index is -0.118. The third-order valence-corrected chi connectivity index (χ3v) is 4.89. The maximum absolute atomic E-state index is 12.6. The number of hydrogen-bond donors (Lipinski definition) is 0. The molecule has 0 fully saturated rings. The molecule has 0 saturated heterocycles. The van der Waals surface area contributed by atoms with Crippen LogP contribution in [0.15, 0.2) is 39.8 Å². The minimum absolute atomic E-state index is 0.00908. The fourth-order valence-corrected chi connectivity index (χ4v) is 3.32. The summed E-state index contributed by atoms with van der Waals surface area (Å²) < 4.78 is 7.28. The third-order valence-electron chi connectivity index (χ3n) is 4.89. The second kappa shape index (κ2) is 6.98. The summed E-state index contributed by atoms with van der Waals surface area (Å²) in [6, 6.07) is 7.23. The zero-order chi connectivity index (χ0) is 19.0. The summed E-state index contributed by atoms with van der Waals surface area (Å²) in [5.74, 6) is 1.85. The fraction of sp³-hybridized carbons (Fsp3) is 0.400. The van der Waals surface area contributed by atoms with E-state index in [-0.39, 0.29) is 23.8 Å². The lowest BCUT2D eigenvalue weighted by Gasteiger charge is -2.25. The van der Waals surface area contributed by atoms with Crippen molar-refractivity contribution in [1.82, 2.24) is 19.4 Å². The van der Waals surface area contributed by atoms with E-state index in [1.54, 1.807) is 17.0 Å². The highest BCUT2D eigenvalue weighted by Crippen LogP contribution is 2.24. The fourth-order valence-electron chi connectivity index (χ4n) is 3.32. The van der Waals surface area contributed by atoms with E-state index in [1.807, 2.05) is 26.0 Å². The Morgan fingerprint density at radius 3 is 2.93 bits per heavy atom. The van der Waals surface area contributed by atoms with Crippen LogP contribution in [0.4, 0.5) is 0 Å². The van der Waals surface area contributed by atoms with Crippen LogP contribution in [0.5, 0.6) is 0 Å². The number of aromatic nitrogens is 3. The number of amides is 1. The Labute approximate surface area is 156 Å². The molecule has 3 aromatic rings. The predicted octanol–water partition coefficient (Wildman–Crippen LogP) is 2.48. The number of rotatable bonds is 4. The second-order valence-electron chi connectivity index (χ2n) is 7.15. The second-order valence-corrected chi connectivity index (χ2v) is 7.15. The highest BCUT2D eigenvalue weighted by atomic mass is 16.4. The van der Waals surface area contributed by atoms with Crippen molar-refractivity contribution in [3.05, 3.63) is 58.3 Å². The summed E-state index contributed by atoms with van der Waals surface area (Å²) in [4.78, 5) is 35.8. The lowest BCUT2D eigenvalue weighted by atomic mass is 10.1. The van der Waals surface area contributed by atoms with E-state index in [9.17, 15) is 9.59 Å². The Morgan fingerprint density at radius 2 is 2.11 bits per heavy atom. The lowest BCUT2D eigenvalue weighted by molar-refractivity contribution is -0.132. The number of carbonyl (C=O) groups is 1. The Kier molecular flexibility index (Phi) is 4.51. The smallest absolute Gasteiger partial charge is 0.261 e. The van der Waals surface area contributed by atoms with Crippen molar-refractivity contribution in [2.45, 2.75) is 45.7 Å². The maximum Gasteiger partial charge on any atom is 0.261 e. The summed E-state index contributed by atoms with van der Waals surface area (Å²) in [7, 11) is 0. The van der Waals surface area contributed by atoms with Gasteiger partial charge >= 0.3 is 0 Å². The van der Waals surface area contributed by atoms with Gasteiger partial charge in [-0.2, -0.15) is 0 Å². The van der Waals surface area contributed by atoms with Crippen LogP contribution >= 0.6 is 0 Å². The van der Waals surface area contributed by atoms with Gasteiger partial charge in [0.05, 0.1) is 23.8 Å². The van der Waals surface area contributed by atoms with Gasteiger partial charge in [0.25, 0.3) is 5.56 Å². The average Bonchev–Trinajstić information content (AvgIpc) is 3.11. The molecule has 7 heteroatoms. The van der Waals surface area contributed by atoms with Crippen molar-refractivity contribution in [1.29, 1.82) is 0 Å². The van der Waals surface area contributed by atoms with Gasteiger partial charge in [0, 0.05) is 31.8 Å². The van der Waals surface area contributed by atoms with Crippen LogP contribution in [-0.4, -0.2) is 31.9 Å². The highest BCUT2D eigenvalue weighted by molar-refractivity contribution is 5.77. The Bertz CT molecular complexity index is 1050. The number of benzene rings is 1. The van der Waals surface area contributed by atoms with E-state index in [2.05, 4.69) is 9.97 Å². The quantitative estimate of drug-likeness (QED) is 0.709. The van der Waals surface area contributed by atoms with Gasteiger partial charge in [-0.1, -0.05) is 26.0 Å². The molecule has 1 amide bonds. The van der Waals surface area contributed by atoms with Crippen molar-refractivity contribution >= 4 is 16.8 Å². The molecule has 7 nitrogen and oxygen atoms in total. The third kappa shape index (κ3) is 3.37. The van der Waals surface area contributed by atoms with Crippen molar-refractivity contribution in [3.8, 4) is 0 Å². The summed E-state index contributed by atoms with van der Waals surface area (Å²) in [6.45, 7) is 5.47. The number of oxazole rings is 1. The SMILES string of the molecule is CC(C)c1nc2c(o1)CCN(C(=O)CCn1cnc3ccccc3c1=O)C2. The first-order valence-corrected chi connectivity index (χ1v) is 9.23. The number of aryl methyl sites for hydroxylation is 1. The first kappa shape index (κ1) is 17.5. The molecule has 140 valence electrons. The average molecular weight is 366 g/mol. The zero-order valence-corrected chi connectivity index (χ0v) is 15.5. The maximum atomic E-state index is 12.6. The summed E-state index contributed by atoms with van der Waals surface area (Å²) in [5.41, 5.74) is 1.40. The molecule has 1 aliphatic heterocycles. The molecule has 1 aliphatic rings. The van der Waals surface area contributed by atoms with Crippen molar-refractivity contribution in [2.24, 2.45) is 0 Å². The van der Waals surface area contributed by atoms with Gasteiger partial charge in [0.2, 0.25) is 5.91 Å². The molecule has 0 saturated carbocycles. The van der Waals surface area contributed by atoms with Crippen LogP contribution in [0.2, 0.25) is 0 Å². The lowest BCUT2D eigenvalue weighted by Crippen LogP contribution is -2.36. The van der Waals surface area contributed by atoms with Crippen LogP contribution in [0.3, 0.4) is 0 Å². The molecule has 2 aromatic heterocycles. The summed E-state index contributed by atoms with van der Waals surface area (Å²) in [6.07, 6.45) is 2.45. The van der Waals surface area contributed by atoms with Crippen LogP contribution in [0.25, 0.3) is 10.9 Å². The monoisotopic (exact) mass is 366 g/mol. The summed E-state index contributed by atoms with van der Waals surface area (Å²) in [5, 5.41) is 0.568. The molecule has 0 aliphatic carbocycles. The molecule has 3 heterocycles. The molecule has 1 aromatic carbocycles. The van der Waals surface area contributed by atoms with E-state index in [1.165, 1.54) is 10.9 Å². The number of nitrogens with zero attached hydrogens (tertiary/aromatic N) is 4. The molecule has 0 bridgehead atoms. The molecule has 0 unspecified atom stereocenters. The Hall–Kier alpha value is -2.96. The molecule has 0 spiro atoms. The topological polar surface area (TPSA) is 81.2 Å². The summed E-state index contributed by atoms with van der Waals surface area (Å²) >= 11 is 0. The number of hydrogen-bond acceptors (Lipinski definition) is 5. The molecule has 0 atom stereocenters. The predicted molar refractivity (Wildman–Crippen MR) is 100 cm³/mol. The zero-order valence-electron chi connectivity index (χ0n) is 15.5. The highest BCUT2D eigenvalue weighted by Gasteiger charge is 2.25. The van der Waals surface area contributed by atoms with E-state index in [0.717, 1.165) is 17.3 Å². The molecular weight excluding hydrogens is 344 g/mol. The van der Waals surface area contributed by atoms with E-state index < -0.39 is 0 Å². The Balaban J connectivity index is 1.44. The number of fused-ring (bicyclic) bond motifs is 2. The van der Waals surface area contributed by atoms with E-state index in [4.69, 9.17) is 4.42 Å². The molecule has 0 radical (unpaired) electrons. The number of carbonyl (C=O) groups excluding carboxylic acids is 1. The van der Waals surface area contributed by atoms with Crippen LogP contribution in [0.1, 0.15) is 43.5 Å². The largest absolute Gasteiger partial charge is 0.445 e. The van der Waals surface area contributed by atoms with Crippen LogP contribution < -0.4 is 5.56 Å². The van der Waals surface area contributed by atoms with Gasteiger partial charge in [0.15, 0.2) is 5.89 Å². The van der Waals surface area contributed by atoms with Gasteiger partial charge in [-0.15, -0.1) is 0 Å². The number of para-hydroxylation sites is 1. The molecule has 0 N–H and O–H groups in total. The Morgan fingerprint density at radius 1 is 1.30 bits per heavy atom. The van der Waals surface area contributed by atoms with Gasteiger partial charge in [-0.3, -0.25) is 14.2 Å². The molecular formula is C20H22N4O3.